The Bertz CT molecular complexity index is 396. The molecule has 0 N–H and O–H groups in total. The van der Waals surface area contributed by atoms with E-state index in [1.807, 2.05) is 0 Å². The fraction of sp³-hybridized carbons (Fsp3) is 0.385. The summed E-state index contributed by atoms with van der Waals surface area (Å²) in [5.41, 5.74) is 0.654. The van der Waals surface area contributed by atoms with E-state index in [1.54, 1.807) is 38.4 Å². The van der Waals surface area contributed by atoms with Crippen molar-refractivity contribution in [3.05, 3.63) is 29.8 Å². The number of ketones is 1. The Morgan fingerprint density at radius 1 is 1.18 bits per heavy atom. The Kier molecular flexibility index (Phi) is 4.69. The minimum Gasteiger partial charge on any atom is -0.493 e. The van der Waals surface area contributed by atoms with E-state index in [0.717, 1.165) is 0 Å². The predicted molar refractivity (Wildman–Crippen MR) is 65.3 cm³/mol. The number of rotatable bonds is 5. The highest BCUT2D eigenvalue weighted by atomic mass is 16.5. The van der Waals surface area contributed by atoms with Crippen LogP contribution in [-0.4, -0.2) is 37.3 Å². The molecule has 0 bridgehead atoms. The molecule has 0 saturated carbocycles. The van der Waals surface area contributed by atoms with Gasteiger partial charge in [-0.2, -0.15) is 0 Å². The molecule has 1 aromatic carbocycles. The summed E-state index contributed by atoms with van der Waals surface area (Å²) in [6.45, 7) is 1.86. The van der Waals surface area contributed by atoms with Crippen LogP contribution in [0.4, 0.5) is 0 Å². The van der Waals surface area contributed by atoms with Gasteiger partial charge in [0, 0.05) is 19.7 Å². The summed E-state index contributed by atoms with van der Waals surface area (Å²) in [7, 11) is 3.42. The Hall–Kier alpha value is -1.84. The molecule has 17 heavy (non-hydrogen) atoms. The molecule has 0 heterocycles. The van der Waals surface area contributed by atoms with Gasteiger partial charge < -0.3 is 9.64 Å². The highest BCUT2D eigenvalue weighted by molar-refractivity contribution is 5.94. The smallest absolute Gasteiger partial charge is 0.225 e. The van der Waals surface area contributed by atoms with Gasteiger partial charge in [0.25, 0.3) is 0 Å². The Morgan fingerprint density at radius 2 is 1.76 bits per heavy atom. The van der Waals surface area contributed by atoms with Crippen molar-refractivity contribution in [1.29, 1.82) is 0 Å². The van der Waals surface area contributed by atoms with Gasteiger partial charge in [0.15, 0.2) is 5.78 Å². The lowest BCUT2D eigenvalue weighted by Gasteiger charge is -2.10. The molecule has 4 heteroatoms. The number of amides is 1. The summed E-state index contributed by atoms with van der Waals surface area (Å²) in [6.07, 6.45) is 0.349. The normalized spacial score (nSPS) is 9.82. The van der Waals surface area contributed by atoms with Crippen molar-refractivity contribution in [2.45, 2.75) is 13.3 Å². The molecule has 0 aliphatic heterocycles. The predicted octanol–water partition coefficient (Wildman–Crippen LogP) is 1.75. The molecular formula is C13H17NO3. The molecule has 1 amide bonds. The van der Waals surface area contributed by atoms with Gasteiger partial charge in [-0.1, -0.05) is 0 Å². The fourth-order valence-corrected chi connectivity index (χ4v) is 1.27. The van der Waals surface area contributed by atoms with Crippen LogP contribution in [-0.2, 0) is 4.79 Å². The first-order valence-electron chi connectivity index (χ1n) is 5.44. The van der Waals surface area contributed by atoms with Gasteiger partial charge in [-0.05, 0) is 31.2 Å². The topological polar surface area (TPSA) is 46.6 Å². The van der Waals surface area contributed by atoms with Gasteiger partial charge in [-0.25, -0.2) is 0 Å². The number of Topliss-reactive ketones (excluding diaryl/α,β-unsaturated/α-hetero) is 1. The van der Waals surface area contributed by atoms with E-state index >= 15 is 0 Å². The molecule has 1 rings (SSSR count). The molecule has 0 saturated heterocycles. The van der Waals surface area contributed by atoms with Crippen LogP contribution in [0.3, 0.4) is 0 Å². The van der Waals surface area contributed by atoms with Crippen LogP contribution in [0, 0.1) is 0 Å². The van der Waals surface area contributed by atoms with Gasteiger partial charge in [0.05, 0.1) is 13.0 Å². The first kappa shape index (κ1) is 13.2. The van der Waals surface area contributed by atoms with Crippen LogP contribution >= 0.6 is 0 Å². The number of benzene rings is 1. The molecule has 0 aliphatic carbocycles. The minimum absolute atomic E-state index is 0.0272. The molecule has 1 aromatic rings. The average Bonchev–Trinajstić information content (AvgIpc) is 2.29. The number of hydrogen-bond donors (Lipinski definition) is 0. The molecule has 92 valence electrons. The summed E-state index contributed by atoms with van der Waals surface area (Å²) in [4.78, 5) is 23.9. The van der Waals surface area contributed by atoms with Gasteiger partial charge in [0.1, 0.15) is 5.75 Å². The molecule has 0 fully saturated rings. The van der Waals surface area contributed by atoms with Crippen LogP contribution < -0.4 is 4.74 Å². The lowest BCUT2D eigenvalue weighted by Crippen LogP contribution is -2.23. The maximum Gasteiger partial charge on any atom is 0.225 e. The van der Waals surface area contributed by atoms with Crippen LogP contribution in [0.15, 0.2) is 24.3 Å². The van der Waals surface area contributed by atoms with E-state index in [1.165, 1.54) is 11.8 Å². The Balaban J connectivity index is 2.42. The Labute approximate surface area is 101 Å². The van der Waals surface area contributed by atoms with Crippen molar-refractivity contribution in [3.8, 4) is 5.75 Å². The first-order chi connectivity index (χ1) is 8.00. The number of ether oxygens (including phenoxy) is 1. The van der Waals surface area contributed by atoms with Crippen LogP contribution in [0.2, 0.25) is 0 Å². The zero-order chi connectivity index (χ0) is 12.8. The van der Waals surface area contributed by atoms with Gasteiger partial charge >= 0.3 is 0 Å². The van der Waals surface area contributed by atoms with Crippen molar-refractivity contribution < 1.29 is 14.3 Å². The number of nitrogens with zero attached hydrogens (tertiary/aromatic N) is 1. The second-order valence-electron chi connectivity index (χ2n) is 3.97. The fourth-order valence-electron chi connectivity index (χ4n) is 1.27. The van der Waals surface area contributed by atoms with Crippen LogP contribution in [0.5, 0.6) is 5.75 Å². The summed E-state index contributed by atoms with van der Waals surface area (Å²) in [6, 6.07) is 6.89. The largest absolute Gasteiger partial charge is 0.493 e. The highest BCUT2D eigenvalue weighted by Crippen LogP contribution is 2.12. The number of carbonyl (C=O) groups excluding carboxylic acids is 2. The van der Waals surface area contributed by atoms with E-state index in [-0.39, 0.29) is 11.7 Å². The summed E-state index contributed by atoms with van der Waals surface area (Å²) < 4.78 is 5.40. The quantitative estimate of drug-likeness (QED) is 0.730. The van der Waals surface area contributed by atoms with E-state index in [4.69, 9.17) is 4.74 Å². The van der Waals surface area contributed by atoms with E-state index < -0.39 is 0 Å². The third-order valence-electron chi connectivity index (χ3n) is 2.34. The molecule has 4 nitrogen and oxygen atoms in total. The average molecular weight is 235 g/mol. The summed E-state index contributed by atoms with van der Waals surface area (Å²) >= 11 is 0. The maximum absolute atomic E-state index is 11.3. The zero-order valence-corrected chi connectivity index (χ0v) is 10.4. The minimum atomic E-state index is 0.0272. The second-order valence-corrected chi connectivity index (χ2v) is 3.97. The molecule has 0 radical (unpaired) electrons. The van der Waals surface area contributed by atoms with Crippen LogP contribution in [0.25, 0.3) is 0 Å². The molecule has 0 unspecified atom stereocenters. The molecule has 0 aliphatic rings. The summed E-state index contributed by atoms with van der Waals surface area (Å²) in [5, 5.41) is 0. The number of carbonyl (C=O) groups is 2. The highest BCUT2D eigenvalue weighted by Gasteiger charge is 2.04. The molecular weight excluding hydrogens is 218 g/mol. The lowest BCUT2D eigenvalue weighted by molar-refractivity contribution is -0.129. The van der Waals surface area contributed by atoms with Gasteiger partial charge in [0.2, 0.25) is 5.91 Å². The first-order valence-corrected chi connectivity index (χ1v) is 5.44. The SMILES string of the molecule is CC(=O)c1ccc(OCCC(=O)N(C)C)cc1. The lowest BCUT2D eigenvalue weighted by atomic mass is 10.1. The second kappa shape index (κ2) is 6.03. The van der Waals surface area contributed by atoms with E-state index in [0.29, 0.717) is 24.3 Å². The van der Waals surface area contributed by atoms with Gasteiger partial charge in [-0.15, -0.1) is 0 Å². The van der Waals surface area contributed by atoms with Crippen molar-refractivity contribution in [3.63, 3.8) is 0 Å². The Morgan fingerprint density at radius 3 is 2.24 bits per heavy atom. The van der Waals surface area contributed by atoms with Crippen molar-refractivity contribution >= 4 is 11.7 Å². The van der Waals surface area contributed by atoms with Gasteiger partial charge in [-0.3, -0.25) is 9.59 Å². The third-order valence-corrected chi connectivity index (χ3v) is 2.34. The van der Waals surface area contributed by atoms with Crippen molar-refractivity contribution in [2.75, 3.05) is 20.7 Å². The van der Waals surface area contributed by atoms with E-state index in [9.17, 15) is 9.59 Å². The zero-order valence-electron chi connectivity index (χ0n) is 10.4. The van der Waals surface area contributed by atoms with Crippen LogP contribution in [0.1, 0.15) is 23.7 Å². The molecule has 0 atom stereocenters. The molecule has 0 spiro atoms. The third kappa shape index (κ3) is 4.26. The maximum atomic E-state index is 11.3. The summed E-state index contributed by atoms with van der Waals surface area (Å²) in [5.74, 6) is 0.728. The number of hydrogen-bond acceptors (Lipinski definition) is 3. The van der Waals surface area contributed by atoms with Crippen molar-refractivity contribution in [2.24, 2.45) is 0 Å². The monoisotopic (exact) mass is 235 g/mol. The van der Waals surface area contributed by atoms with Crippen molar-refractivity contribution in [1.82, 2.24) is 4.90 Å². The standard InChI is InChI=1S/C13H17NO3/c1-10(15)11-4-6-12(7-5-11)17-9-8-13(16)14(2)3/h4-7H,8-9H2,1-3H3. The van der Waals surface area contributed by atoms with E-state index in [2.05, 4.69) is 0 Å². The molecule has 0 aromatic heterocycles.